The van der Waals surface area contributed by atoms with Gasteiger partial charge in [0.15, 0.2) is 6.61 Å². The fraction of sp³-hybridized carbons (Fsp3) is 0.381. The molecule has 0 saturated carbocycles. The van der Waals surface area contributed by atoms with Crippen molar-refractivity contribution in [2.75, 3.05) is 25.0 Å². The summed E-state index contributed by atoms with van der Waals surface area (Å²) in [6.45, 7) is 3.03. The SMILES string of the molecule is CCc1ccccc1NC(=O)COc1ccc(S(=O)(=O)N2CCCCC2)cc1. The Kier molecular flexibility index (Phi) is 6.70. The third-order valence-corrected chi connectivity index (χ3v) is 6.73. The molecule has 0 unspecified atom stereocenters. The second-order valence-electron chi connectivity index (χ2n) is 6.78. The topological polar surface area (TPSA) is 75.7 Å². The largest absolute Gasteiger partial charge is 0.484 e. The van der Waals surface area contributed by atoms with E-state index >= 15 is 0 Å². The van der Waals surface area contributed by atoms with Crippen LogP contribution in [0.15, 0.2) is 53.4 Å². The number of hydrogen-bond acceptors (Lipinski definition) is 4. The van der Waals surface area contributed by atoms with Crippen molar-refractivity contribution in [1.29, 1.82) is 0 Å². The van der Waals surface area contributed by atoms with E-state index in [-0.39, 0.29) is 17.4 Å². The third-order valence-electron chi connectivity index (χ3n) is 4.82. The van der Waals surface area contributed by atoms with Crippen molar-refractivity contribution < 1.29 is 17.9 Å². The number of nitrogens with one attached hydrogen (secondary N) is 1. The van der Waals surface area contributed by atoms with Crippen LogP contribution in [-0.4, -0.2) is 38.3 Å². The van der Waals surface area contributed by atoms with E-state index < -0.39 is 10.0 Å². The molecule has 0 aliphatic carbocycles. The molecule has 2 aromatic carbocycles. The van der Waals surface area contributed by atoms with E-state index in [0.717, 1.165) is 36.9 Å². The second-order valence-corrected chi connectivity index (χ2v) is 8.72. The van der Waals surface area contributed by atoms with Gasteiger partial charge in [0.2, 0.25) is 10.0 Å². The minimum atomic E-state index is -3.46. The number of anilines is 1. The molecule has 1 N–H and O–H groups in total. The number of hydrogen-bond donors (Lipinski definition) is 1. The smallest absolute Gasteiger partial charge is 0.262 e. The van der Waals surface area contributed by atoms with Crippen LogP contribution < -0.4 is 10.1 Å². The van der Waals surface area contributed by atoms with E-state index in [1.807, 2.05) is 31.2 Å². The van der Waals surface area contributed by atoms with E-state index in [4.69, 9.17) is 4.74 Å². The Hall–Kier alpha value is -2.38. The number of carbonyl (C=O) groups is 1. The molecule has 0 aromatic heterocycles. The molecular weight excluding hydrogens is 376 g/mol. The van der Waals surface area contributed by atoms with Crippen molar-refractivity contribution >= 4 is 21.6 Å². The predicted octanol–water partition coefficient (Wildman–Crippen LogP) is 3.44. The van der Waals surface area contributed by atoms with Gasteiger partial charge in [-0.1, -0.05) is 31.5 Å². The van der Waals surface area contributed by atoms with Crippen LogP contribution in [0.2, 0.25) is 0 Å². The number of piperidine rings is 1. The van der Waals surface area contributed by atoms with Crippen LogP contribution >= 0.6 is 0 Å². The van der Waals surface area contributed by atoms with E-state index in [0.29, 0.717) is 18.8 Å². The molecule has 28 heavy (non-hydrogen) atoms. The molecule has 2 aromatic rings. The quantitative estimate of drug-likeness (QED) is 0.770. The van der Waals surface area contributed by atoms with Gasteiger partial charge in [0.05, 0.1) is 4.90 Å². The Balaban J connectivity index is 1.57. The minimum Gasteiger partial charge on any atom is -0.484 e. The average Bonchev–Trinajstić information content (AvgIpc) is 2.73. The van der Waals surface area contributed by atoms with E-state index in [9.17, 15) is 13.2 Å². The molecule has 150 valence electrons. The van der Waals surface area contributed by atoms with Crippen LogP contribution in [0.1, 0.15) is 31.7 Å². The molecule has 1 amide bonds. The summed E-state index contributed by atoms with van der Waals surface area (Å²) in [6, 6.07) is 13.9. The summed E-state index contributed by atoms with van der Waals surface area (Å²) in [6.07, 6.45) is 3.70. The Morgan fingerprint density at radius 2 is 1.71 bits per heavy atom. The Morgan fingerprint density at radius 1 is 1.04 bits per heavy atom. The Morgan fingerprint density at radius 3 is 2.39 bits per heavy atom. The molecule has 6 nitrogen and oxygen atoms in total. The highest BCUT2D eigenvalue weighted by Gasteiger charge is 2.25. The molecule has 1 aliphatic heterocycles. The fourth-order valence-electron chi connectivity index (χ4n) is 3.25. The number of carbonyl (C=O) groups excluding carboxylic acids is 1. The van der Waals surface area contributed by atoms with Gasteiger partial charge in [0.25, 0.3) is 5.91 Å². The van der Waals surface area contributed by atoms with Crippen molar-refractivity contribution in [2.45, 2.75) is 37.5 Å². The molecule has 1 heterocycles. The first-order valence-electron chi connectivity index (χ1n) is 9.61. The molecule has 0 atom stereocenters. The molecule has 3 rings (SSSR count). The van der Waals surface area contributed by atoms with Gasteiger partial charge in [0.1, 0.15) is 5.75 Å². The van der Waals surface area contributed by atoms with E-state index in [1.54, 1.807) is 12.1 Å². The first kappa shape index (κ1) is 20.4. The van der Waals surface area contributed by atoms with Crippen molar-refractivity contribution in [2.24, 2.45) is 0 Å². The average molecular weight is 403 g/mol. The number of aryl methyl sites for hydroxylation is 1. The molecule has 1 fully saturated rings. The normalized spacial score (nSPS) is 15.2. The highest BCUT2D eigenvalue weighted by molar-refractivity contribution is 7.89. The number of sulfonamides is 1. The number of para-hydroxylation sites is 1. The lowest BCUT2D eigenvalue weighted by Gasteiger charge is -2.25. The molecular formula is C21H26N2O4S. The summed E-state index contributed by atoms with van der Waals surface area (Å²) >= 11 is 0. The van der Waals surface area contributed by atoms with Crippen LogP contribution in [-0.2, 0) is 21.2 Å². The van der Waals surface area contributed by atoms with Gasteiger partial charge >= 0.3 is 0 Å². The zero-order valence-corrected chi connectivity index (χ0v) is 16.9. The lowest BCUT2D eigenvalue weighted by Crippen LogP contribution is -2.35. The van der Waals surface area contributed by atoms with Crippen LogP contribution in [0, 0.1) is 0 Å². The minimum absolute atomic E-state index is 0.143. The van der Waals surface area contributed by atoms with Crippen LogP contribution in [0.3, 0.4) is 0 Å². The Bertz CT molecular complexity index is 904. The van der Waals surface area contributed by atoms with E-state index in [1.165, 1.54) is 16.4 Å². The Labute approximate surface area is 166 Å². The van der Waals surface area contributed by atoms with Gasteiger partial charge in [0, 0.05) is 18.8 Å². The van der Waals surface area contributed by atoms with Gasteiger partial charge in [-0.3, -0.25) is 4.79 Å². The first-order valence-corrected chi connectivity index (χ1v) is 11.1. The fourth-order valence-corrected chi connectivity index (χ4v) is 4.76. The molecule has 1 aliphatic rings. The van der Waals surface area contributed by atoms with Gasteiger partial charge in [-0.25, -0.2) is 8.42 Å². The molecule has 0 spiro atoms. The monoisotopic (exact) mass is 402 g/mol. The zero-order valence-electron chi connectivity index (χ0n) is 16.1. The summed E-state index contributed by atoms with van der Waals surface area (Å²) in [5.74, 6) is 0.197. The van der Waals surface area contributed by atoms with Crippen molar-refractivity contribution in [3.8, 4) is 5.75 Å². The van der Waals surface area contributed by atoms with Crippen molar-refractivity contribution in [3.63, 3.8) is 0 Å². The van der Waals surface area contributed by atoms with Gasteiger partial charge in [-0.05, 0) is 55.2 Å². The highest BCUT2D eigenvalue weighted by Crippen LogP contribution is 2.23. The molecule has 0 bridgehead atoms. The van der Waals surface area contributed by atoms with Crippen molar-refractivity contribution in [1.82, 2.24) is 4.31 Å². The summed E-state index contributed by atoms with van der Waals surface area (Å²) in [5, 5.41) is 2.84. The molecule has 0 radical (unpaired) electrons. The summed E-state index contributed by atoms with van der Waals surface area (Å²) in [4.78, 5) is 12.4. The lowest BCUT2D eigenvalue weighted by atomic mass is 10.1. The molecule has 1 saturated heterocycles. The summed E-state index contributed by atoms with van der Waals surface area (Å²) in [5.41, 5.74) is 1.84. The summed E-state index contributed by atoms with van der Waals surface area (Å²) < 4.78 is 32.3. The third kappa shape index (κ3) is 4.91. The number of amides is 1. The number of nitrogens with zero attached hydrogens (tertiary/aromatic N) is 1. The highest BCUT2D eigenvalue weighted by atomic mass is 32.2. The van der Waals surface area contributed by atoms with Crippen LogP contribution in [0.5, 0.6) is 5.75 Å². The van der Waals surface area contributed by atoms with Crippen LogP contribution in [0.4, 0.5) is 5.69 Å². The second kappa shape index (κ2) is 9.21. The van der Waals surface area contributed by atoms with Gasteiger partial charge < -0.3 is 10.1 Å². The molecule has 7 heteroatoms. The van der Waals surface area contributed by atoms with Crippen LogP contribution in [0.25, 0.3) is 0 Å². The predicted molar refractivity (Wildman–Crippen MR) is 109 cm³/mol. The summed E-state index contributed by atoms with van der Waals surface area (Å²) in [7, 11) is -3.46. The standard InChI is InChI=1S/C21H26N2O4S/c1-2-17-8-4-5-9-20(17)22-21(24)16-27-18-10-12-19(13-11-18)28(25,26)23-14-6-3-7-15-23/h4-5,8-13H,2-3,6-7,14-16H2,1H3,(H,22,24). The van der Waals surface area contributed by atoms with Gasteiger partial charge in [-0.2, -0.15) is 4.31 Å². The van der Waals surface area contributed by atoms with E-state index in [2.05, 4.69) is 5.32 Å². The van der Waals surface area contributed by atoms with Gasteiger partial charge in [-0.15, -0.1) is 0 Å². The lowest BCUT2D eigenvalue weighted by molar-refractivity contribution is -0.118. The number of rotatable bonds is 7. The number of benzene rings is 2. The maximum atomic E-state index is 12.6. The first-order chi connectivity index (χ1) is 13.5. The van der Waals surface area contributed by atoms with Crippen molar-refractivity contribution in [3.05, 3.63) is 54.1 Å². The zero-order chi connectivity index (χ0) is 20.0. The number of ether oxygens (including phenoxy) is 1. The maximum absolute atomic E-state index is 12.6. The maximum Gasteiger partial charge on any atom is 0.262 e.